The lowest BCUT2D eigenvalue weighted by Gasteiger charge is -2.24. The number of carbonyl (C=O) groups excluding carboxylic acids is 3. The van der Waals surface area contributed by atoms with Crippen molar-refractivity contribution in [2.24, 2.45) is 5.92 Å². The zero-order valence-corrected chi connectivity index (χ0v) is 17.0. The van der Waals surface area contributed by atoms with Crippen molar-refractivity contribution in [1.82, 2.24) is 15.5 Å². The maximum absolute atomic E-state index is 12.8. The van der Waals surface area contributed by atoms with Gasteiger partial charge < -0.3 is 10.6 Å². The van der Waals surface area contributed by atoms with Crippen LogP contribution < -0.4 is 10.6 Å². The molecular formula is C23H27N3O3. The van der Waals surface area contributed by atoms with Crippen LogP contribution in [0, 0.1) is 5.92 Å². The van der Waals surface area contributed by atoms with E-state index >= 15 is 0 Å². The average Bonchev–Trinajstić information content (AvgIpc) is 2.89. The Morgan fingerprint density at radius 3 is 2.00 bits per heavy atom. The van der Waals surface area contributed by atoms with Gasteiger partial charge in [-0.3, -0.25) is 14.5 Å². The van der Waals surface area contributed by atoms with Crippen molar-refractivity contribution in [3.63, 3.8) is 0 Å². The second-order valence-corrected chi connectivity index (χ2v) is 8.07. The number of hydrogen-bond acceptors (Lipinski definition) is 3. The molecule has 1 aliphatic rings. The highest BCUT2D eigenvalue weighted by Crippen LogP contribution is 2.25. The number of urea groups is 1. The average molecular weight is 393 g/mol. The smallest absolute Gasteiger partial charge is 0.325 e. The molecular weight excluding hydrogens is 366 g/mol. The number of hydrogen-bond donors (Lipinski definition) is 2. The maximum atomic E-state index is 12.8. The van der Waals surface area contributed by atoms with E-state index in [0.717, 1.165) is 16.0 Å². The standard InChI is InChI=1S/C23H27N3O3/c1-16(2)14-23(3)21(28)26(22(29)25-23)15-19(27)24-20(17-10-6-4-7-11-17)18-12-8-5-9-13-18/h4-13,16,20H,14-15H2,1-3H3,(H,24,27)(H,25,29)/t23-/m0/s1. The number of imide groups is 1. The summed E-state index contributed by atoms with van der Waals surface area (Å²) in [5.41, 5.74) is 0.881. The van der Waals surface area contributed by atoms with Crippen LogP contribution in [-0.2, 0) is 9.59 Å². The second-order valence-electron chi connectivity index (χ2n) is 8.07. The number of rotatable bonds is 7. The minimum Gasteiger partial charge on any atom is -0.344 e. The first-order chi connectivity index (χ1) is 13.8. The lowest BCUT2D eigenvalue weighted by atomic mass is 9.91. The fourth-order valence-electron chi connectivity index (χ4n) is 3.85. The predicted octanol–water partition coefficient (Wildman–Crippen LogP) is 3.25. The molecule has 29 heavy (non-hydrogen) atoms. The summed E-state index contributed by atoms with van der Waals surface area (Å²) in [5, 5.41) is 5.71. The summed E-state index contributed by atoms with van der Waals surface area (Å²) in [5.74, 6) is -0.513. The van der Waals surface area contributed by atoms with E-state index in [0.29, 0.717) is 6.42 Å². The summed E-state index contributed by atoms with van der Waals surface area (Å²) >= 11 is 0. The summed E-state index contributed by atoms with van der Waals surface area (Å²) in [6.07, 6.45) is 0.520. The Morgan fingerprint density at radius 2 is 1.52 bits per heavy atom. The second kappa shape index (κ2) is 8.47. The van der Waals surface area contributed by atoms with Gasteiger partial charge in [0.25, 0.3) is 5.91 Å². The number of nitrogens with zero attached hydrogens (tertiary/aromatic N) is 1. The molecule has 2 aromatic carbocycles. The van der Waals surface area contributed by atoms with E-state index in [2.05, 4.69) is 10.6 Å². The van der Waals surface area contributed by atoms with Gasteiger partial charge in [0.15, 0.2) is 0 Å². The van der Waals surface area contributed by atoms with Crippen molar-refractivity contribution in [1.29, 1.82) is 0 Å². The molecule has 0 aliphatic carbocycles. The Balaban J connectivity index is 1.76. The third-order valence-electron chi connectivity index (χ3n) is 5.03. The molecule has 1 aliphatic heterocycles. The Labute approximate surface area is 171 Å². The number of amides is 4. The quantitative estimate of drug-likeness (QED) is 0.709. The Bertz CT molecular complexity index is 843. The van der Waals surface area contributed by atoms with Gasteiger partial charge in [0, 0.05) is 0 Å². The van der Waals surface area contributed by atoms with Crippen LogP contribution in [0.5, 0.6) is 0 Å². The van der Waals surface area contributed by atoms with Gasteiger partial charge >= 0.3 is 6.03 Å². The molecule has 1 atom stereocenters. The van der Waals surface area contributed by atoms with E-state index in [1.807, 2.05) is 74.5 Å². The molecule has 1 heterocycles. The molecule has 0 radical (unpaired) electrons. The third kappa shape index (κ3) is 4.65. The van der Waals surface area contributed by atoms with E-state index in [9.17, 15) is 14.4 Å². The van der Waals surface area contributed by atoms with Crippen LogP contribution in [0.3, 0.4) is 0 Å². The molecule has 0 spiro atoms. The minimum absolute atomic E-state index is 0.235. The van der Waals surface area contributed by atoms with Crippen LogP contribution in [0.25, 0.3) is 0 Å². The highest BCUT2D eigenvalue weighted by molar-refractivity contribution is 6.08. The van der Waals surface area contributed by atoms with Crippen LogP contribution in [0.15, 0.2) is 60.7 Å². The van der Waals surface area contributed by atoms with Gasteiger partial charge in [0.1, 0.15) is 12.1 Å². The molecule has 0 unspecified atom stereocenters. The molecule has 3 rings (SSSR count). The minimum atomic E-state index is -0.968. The van der Waals surface area contributed by atoms with Gasteiger partial charge in [-0.2, -0.15) is 0 Å². The zero-order chi connectivity index (χ0) is 21.0. The fraction of sp³-hybridized carbons (Fsp3) is 0.348. The van der Waals surface area contributed by atoms with Crippen LogP contribution >= 0.6 is 0 Å². The van der Waals surface area contributed by atoms with Crippen LogP contribution in [0.2, 0.25) is 0 Å². The molecule has 0 aromatic heterocycles. The number of carbonyl (C=O) groups is 3. The van der Waals surface area contributed by atoms with Gasteiger partial charge in [-0.1, -0.05) is 74.5 Å². The SMILES string of the molecule is CC(C)C[C@]1(C)NC(=O)N(CC(=O)NC(c2ccccc2)c2ccccc2)C1=O. The van der Waals surface area contributed by atoms with Crippen molar-refractivity contribution in [3.05, 3.63) is 71.8 Å². The van der Waals surface area contributed by atoms with Gasteiger partial charge in [-0.25, -0.2) is 4.79 Å². The Morgan fingerprint density at radius 1 is 1.00 bits per heavy atom. The fourth-order valence-corrected chi connectivity index (χ4v) is 3.85. The topological polar surface area (TPSA) is 78.5 Å². The van der Waals surface area contributed by atoms with Crippen molar-refractivity contribution in [3.8, 4) is 0 Å². The summed E-state index contributed by atoms with van der Waals surface area (Å²) in [4.78, 5) is 39.0. The molecule has 1 fully saturated rings. The first kappa shape index (κ1) is 20.6. The summed E-state index contributed by atoms with van der Waals surface area (Å²) in [6, 6.07) is 18.3. The van der Waals surface area contributed by atoms with Crippen molar-refractivity contribution in [2.45, 2.75) is 38.8 Å². The first-order valence-electron chi connectivity index (χ1n) is 9.83. The summed E-state index contributed by atoms with van der Waals surface area (Å²) < 4.78 is 0. The van der Waals surface area contributed by atoms with Crippen molar-refractivity contribution < 1.29 is 14.4 Å². The molecule has 0 saturated carbocycles. The van der Waals surface area contributed by atoms with Gasteiger partial charge in [0.2, 0.25) is 5.91 Å². The Hall–Kier alpha value is -3.15. The van der Waals surface area contributed by atoms with Crippen LogP contribution in [0.4, 0.5) is 4.79 Å². The normalized spacial score (nSPS) is 19.0. The van der Waals surface area contributed by atoms with E-state index in [4.69, 9.17) is 0 Å². The summed E-state index contributed by atoms with van der Waals surface area (Å²) in [6.45, 7) is 5.38. The molecule has 0 bridgehead atoms. The van der Waals surface area contributed by atoms with Crippen LogP contribution in [-0.4, -0.2) is 34.8 Å². The van der Waals surface area contributed by atoms with Gasteiger partial charge in [-0.15, -0.1) is 0 Å². The highest BCUT2D eigenvalue weighted by Gasteiger charge is 2.48. The molecule has 2 aromatic rings. The molecule has 1 saturated heterocycles. The molecule has 6 nitrogen and oxygen atoms in total. The van der Waals surface area contributed by atoms with E-state index in [-0.39, 0.29) is 30.3 Å². The predicted molar refractivity (Wildman–Crippen MR) is 111 cm³/mol. The monoisotopic (exact) mass is 393 g/mol. The largest absolute Gasteiger partial charge is 0.344 e. The number of benzene rings is 2. The van der Waals surface area contributed by atoms with Gasteiger partial charge in [-0.05, 0) is 30.4 Å². The molecule has 2 N–H and O–H groups in total. The highest BCUT2D eigenvalue weighted by atomic mass is 16.2. The summed E-state index contributed by atoms with van der Waals surface area (Å²) in [7, 11) is 0. The molecule has 6 heteroatoms. The van der Waals surface area contributed by atoms with E-state index in [1.165, 1.54) is 0 Å². The Kier molecular flexibility index (Phi) is 6.01. The zero-order valence-electron chi connectivity index (χ0n) is 17.0. The first-order valence-corrected chi connectivity index (χ1v) is 9.83. The molecule has 152 valence electrons. The van der Waals surface area contributed by atoms with Crippen LogP contribution in [0.1, 0.15) is 44.4 Å². The van der Waals surface area contributed by atoms with E-state index < -0.39 is 11.6 Å². The third-order valence-corrected chi connectivity index (χ3v) is 5.03. The lowest BCUT2D eigenvalue weighted by molar-refractivity contribution is -0.135. The van der Waals surface area contributed by atoms with Crippen molar-refractivity contribution >= 4 is 17.8 Å². The maximum Gasteiger partial charge on any atom is 0.325 e. The lowest BCUT2D eigenvalue weighted by Crippen LogP contribution is -2.46. The van der Waals surface area contributed by atoms with E-state index in [1.54, 1.807) is 6.92 Å². The van der Waals surface area contributed by atoms with Gasteiger partial charge in [0.05, 0.1) is 6.04 Å². The number of nitrogens with one attached hydrogen (secondary N) is 2. The van der Waals surface area contributed by atoms with Crippen molar-refractivity contribution in [2.75, 3.05) is 6.54 Å². The molecule has 4 amide bonds.